The second kappa shape index (κ2) is 48.2. The molecule has 0 aromatic heterocycles. The smallest absolute Gasteiger partial charge is 0.387 e. The van der Waals surface area contributed by atoms with Crippen LogP contribution in [0.4, 0.5) is 0 Å². The van der Waals surface area contributed by atoms with Gasteiger partial charge in [-0.1, -0.05) is 222 Å². The molecule has 8 nitrogen and oxygen atoms in total. The van der Waals surface area contributed by atoms with Gasteiger partial charge in [-0.25, -0.2) is 4.57 Å². The molecule has 0 spiro atoms. The van der Waals surface area contributed by atoms with Crippen LogP contribution in [0.1, 0.15) is 245 Å². The van der Waals surface area contributed by atoms with Crippen LogP contribution >= 0.6 is 7.82 Å². The van der Waals surface area contributed by atoms with Gasteiger partial charge in [0, 0.05) is 6.42 Å². The number of hydrogen-bond acceptors (Lipinski definition) is 5. The molecule has 0 heterocycles. The fourth-order valence-corrected chi connectivity index (χ4v) is 8.55. The summed E-state index contributed by atoms with van der Waals surface area (Å²) in [4.78, 5) is 23.2. The first kappa shape index (κ1) is 64.2. The second-order valence-electron chi connectivity index (χ2n) is 19.9. The van der Waals surface area contributed by atoms with Gasteiger partial charge in [0.25, 0.3) is 0 Å². The largest absolute Gasteiger partial charge is 0.472 e. The highest BCUT2D eigenvalue weighted by atomic mass is 31.2. The fourth-order valence-electron chi connectivity index (χ4n) is 7.81. The summed E-state index contributed by atoms with van der Waals surface area (Å²) < 4.78 is 23.6. The summed E-state index contributed by atoms with van der Waals surface area (Å²) in [6.07, 6.45) is 64.8. The first-order valence-electron chi connectivity index (χ1n) is 27.7. The van der Waals surface area contributed by atoms with E-state index in [0.717, 1.165) is 57.8 Å². The average molecular weight is 948 g/mol. The van der Waals surface area contributed by atoms with Crippen LogP contribution in [0, 0.1) is 0 Å². The first-order valence-corrected chi connectivity index (χ1v) is 29.2. The molecule has 0 fully saturated rings. The van der Waals surface area contributed by atoms with Crippen molar-refractivity contribution in [3.05, 3.63) is 60.8 Å². The Kier molecular flexibility index (Phi) is 46.9. The highest BCUT2D eigenvalue weighted by molar-refractivity contribution is 7.47. The molecule has 0 aromatic rings. The highest BCUT2D eigenvalue weighted by Crippen LogP contribution is 2.43. The van der Waals surface area contributed by atoms with Gasteiger partial charge in [-0.15, -0.1) is 0 Å². The van der Waals surface area contributed by atoms with E-state index in [4.69, 9.17) is 9.05 Å². The van der Waals surface area contributed by atoms with Crippen LogP contribution in [0.5, 0.6) is 0 Å². The molecule has 0 bridgehead atoms. The maximum absolute atomic E-state index is 12.9. The molecule has 0 aliphatic carbocycles. The van der Waals surface area contributed by atoms with Crippen molar-refractivity contribution in [3.8, 4) is 0 Å². The minimum absolute atomic E-state index is 0.0528. The van der Waals surface area contributed by atoms with E-state index in [1.807, 2.05) is 27.2 Å². The Morgan fingerprint density at radius 1 is 0.515 bits per heavy atom. The number of carbonyl (C=O) groups excluding carboxylic acids is 1. The lowest BCUT2D eigenvalue weighted by atomic mass is 10.0. The number of allylic oxidation sites excluding steroid dienone is 9. The topological polar surface area (TPSA) is 105 Å². The Hall–Kier alpha value is -1.80. The fraction of sp³-hybridized carbons (Fsp3) is 0.807. The minimum Gasteiger partial charge on any atom is -0.387 e. The minimum atomic E-state index is -4.35. The number of aliphatic hydroxyl groups is 1. The molecular formula is C57H108N2O6P+. The van der Waals surface area contributed by atoms with E-state index in [0.29, 0.717) is 17.4 Å². The Balaban J connectivity index is 4.08. The van der Waals surface area contributed by atoms with E-state index in [9.17, 15) is 19.4 Å². The summed E-state index contributed by atoms with van der Waals surface area (Å²) in [6.45, 7) is 4.75. The van der Waals surface area contributed by atoms with Crippen LogP contribution in [0.15, 0.2) is 60.8 Å². The van der Waals surface area contributed by atoms with Gasteiger partial charge in [0.1, 0.15) is 13.2 Å². The van der Waals surface area contributed by atoms with E-state index < -0.39 is 20.0 Å². The zero-order valence-corrected chi connectivity index (χ0v) is 44.8. The predicted octanol–water partition coefficient (Wildman–Crippen LogP) is 16.5. The molecule has 0 aliphatic heterocycles. The van der Waals surface area contributed by atoms with Gasteiger partial charge < -0.3 is 19.8 Å². The molecule has 386 valence electrons. The molecule has 3 N–H and O–H groups in total. The van der Waals surface area contributed by atoms with Crippen molar-refractivity contribution in [2.75, 3.05) is 40.9 Å². The standard InChI is InChI=1S/C57H107N2O6P/c1-6-8-10-12-14-16-18-20-21-22-23-24-25-26-27-28-29-30-31-32-33-34-35-36-37-39-41-43-45-47-49-51-57(61)58-55(54-65-66(62,63)64-53-52-59(3,4)5)56(60)50-48-46-44-42-40-38-19-17-15-13-11-9-7-2/h15,17-18,20,22-23,40,42,48,50,55-56,60H,6-14,16,19,21,24-39,41,43-47,49,51-54H2,1-5H3,(H-,58,61,62,63)/p+1/b17-15+,20-18-,23-22-,42-40+,50-48+. The Labute approximate surface area is 409 Å². The SMILES string of the molecule is CCCCC/C=C/CC/C=C/CC/C=C/C(O)C(COP(=O)(O)OCC[N+](C)(C)C)NC(=O)CCCCCCCCCCCCCCCCCCCCC/C=C\C/C=C\CCCCCCC. The van der Waals surface area contributed by atoms with Gasteiger partial charge in [0.15, 0.2) is 0 Å². The molecule has 9 heteroatoms. The molecule has 0 radical (unpaired) electrons. The number of phosphoric ester groups is 1. The first-order chi connectivity index (χ1) is 32.0. The summed E-state index contributed by atoms with van der Waals surface area (Å²) in [5, 5.41) is 13.8. The maximum atomic E-state index is 12.9. The molecule has 0 aromatic carbocycles. The van der Waals surface area contributed by atoms with Crippen LogP contribution in [0.25, 0.3) is 0 Å². The third kappa shape index (κ3) is 50.1. The van der Waals surface area contributed by atoms with Crippen LogP contribution < -0.4 is 5.32 Å². The third-order valence-electron chi connectivity index (χ3n) is 12.2. The number of phosphoric acid groups is 1. The van der Waals surface area contributed by atoms with Gasteiger partial charge in [-0.05, 0) is 77.0 Å². The maximum Gasteiger partial charge on any atom is 0.472 e. The number of rotatable bonds is 50. The summed E-state index contributed by atoms with van der Waals surface area (Å²) in [6, 6.07) is -0.869. The van der Waals surface area contributed by atoms with Crippen LogP contribution in [0.3, 0.4) is 0 Å². The van der Waals surface area contributed by atoms with Crippen molar-refractivity contribution in [2.45, 2.75) is 257 Å². The van der Waals surface area contributed by atoms with Gasteiger partial charge in [-0.3, -0.25) is 13.8 Å². The molecule has 1 amide bonds. The summed E-state index contributed by atoms with van der Waals surface area (Å²) >= 11 is 0. The number of quaternary nitrogens is 1. The summed E-state index contributed by atoms with van der Waals surface area (Å²) in [5.74, 6) is -0.191. The van der Waals surface area contributed by atoms with E-state index in [2.05, 4.69) is 67.8 Å². The molecule has 0 saturated heterocycles. The Morgan fingerprint density at radius 2 is 0.879 bits per heavy atom. The zero-order chi connectivity index (χ0) is 48.5. The second-order valence-corrected chi connectivity index (χ2v) is 21.4. The van der Waals surface area contributed by atoms with Gasteiger partial charge in [-0.2, -0.15) is 0 Å². The van der Waals surface area contributed by atoms with Crippen molar-refractivity contribution in [2.24, 2.45) is 0 Å². The van der Waals surface area contributed by atoms with E-state index in [1.54, 1.807) is 6.08 Å². The van der Waals surface area contributed by atoms with E-state index in [-0.39, 0.29) is 19.1 Å². The van der Waals surface area contributed by atoms with Crippen LogP contribution in [-0.2, 0) is 18.4 Å². The molecule has 66 heavy (non-hydrogen) atoms. The van der Waals surface area contributed by atoms with Crippen molar-refractivity contribution in [3.63, 3.8) is 0 Å². The number of unbranched alkanes of at least 4 members (excludes halogenated alkanes) is 29. The number of likely N-dealkylation sites (N-methyl/N-ethyl adjacent to an activating group) is 1. The van der Waals surface area contributed by atoms with Gasteiger partial charge in [0.2, 0.25) is 5.91 Å². The number of nitrogens with one attached hydrogen (secondary N) is 1. The van der Waals surface area contributed by atoms with Crippen molar-refractivity contribution >= 4 is 13.7 Å². The Morgan fingerprint density at radius 3 is 1.33 bits per heavy atom. The lowest BCUT2D eigenvalue weighted by Crippen LogP contribution is -2.45. The summed E-state index contributed by atoms with van der Waals surface area (Å²) in [7, 11) is 1.55. The van der Waals surface area contributed by atoms with Crippen LogP contribution in [-0.4, -0.2) is 73.4 Å². The highest BCUT2D eigenvalue weighted by Gasteiger charge is 2.27. The molecule has 0 saturated carbocycles. The normalized spacial score (nSPS) is 14.5. The predicted molar refractivity (Wildman–Crippen MR) is 286 cm³/mol. The Bertz CT molecular complexity index is 1260. The molecule has 3 unspecified atom stereocenters. The molecule has 3 atom stereocenters. The third-order valence-corrected chi connectivity index (χ3v) is 13.2. The van der Waals surface area contributed by atoms with Crippen molar-refractivity contribution in [1.29, 1.82) is 0 Å². The number of aliphatic hydroxyl groups excluding tert-OH is 1. The number of carbonyl (C=O) groups is 1. The number of amides is 1. The van der Waals surface area contributed by atoms with Crippen LogP contribution in [0.2, 0.25) is 0 Å². The average Bonchev–Trinajstić information content (AvgIpc) is 3.28. The van der Waals surface area contributed by atoms with E-state index in [1.165, 1.54) is 167 Å². The monoisotopic (exact) mass is 948 g/mol. The van der Waals surface area contributed by atoms with Crippen molar-refractivity contribution < 1.29 is 32.9 Å². The van der Waals surface area contributed by atoms with Gasteiger partial charge in [0.05, 0.1) is 39.9 Å². The number of hydrogen-bond donors (Lipinski definition) is 3. The lowest BCUT2D eigenvalue weighted by molar-refractivity contribution is -0.870. The van der Waals surface area contributed by atoms with E-state index >= 15 is 0 Å². The summed E-state index contributed by atoms with van der Waals surface area (Å²) in [5.41, 5.74) is 0. The molecular weight excluding hydrogens is 840 g/mol. The molecule has 0 aliphatic rings. The van der Waals surface area contributed by atoms with Gasteiger partial charge >= 0.3 is 7.82 Å². The lowest BCUT2D eigenvalue weighted by Gasteiger charge is -2.25. The quantitative estimate of drug-likeness (QED) is 0.0243. The molecule has 0 rings (SSSR count). The van der Waals surface area contributed by atoms with Crippen molar-refractivity contribution in [1.82, 2.24) is 5.32 Å². The zero-order valence-electron chi connectivity index (χ0n) is 43.9. The number of nitrogens with zero attached hydrogens (tertiary/aromatic N) is 1.